The van der Waals surface area contributed by atoms with E-state index in [4.69, 9.17) is 4.52 Å². The van der Waals surface area contributed by atoms with Crippen LogP contribution in [0.5, 0.6) is 0 Å². The minimum Gasteiger partial charge on any atom is -0.338 e. The summed E-state index contributed by atoms with van der Waals surface area (Å²) >= 11 is 0. The van der Waals surface area contributed by atoms with Crippen molar-refractivity contribution in [3.05, 3.63) is 11.7 Å². The summed E-state index contributed by atoms with van der Waals surface area (Å²) in [4.78, 5) is 6.12. The fourth-order valence-electron chi connectivity index (χ4n) is 2.49. The van der Waals surface area contributed by atoms with Gasteiger partial charge in [0.15, 0.2) is 5.82 Å². The van der Waals surface area contributed by atoms with Crippen molar-refractivity contribution in [2.24, 2.45) is 5.92 Å². The zero-order valence-corrected chi connectivity index (χ0v) is 12.9. The van der Waals surface area contributed by atoms with Crippen LogP contribution >= 0.6 is 0 Å². The lowest BCUT2D eigenvalue weighted by Gasteiger charge is -2.36. The molecule has 0 radical (unpaired) electrons. The highest BCUT2D eigenvalue weighted by Gasteiger charge is 2.43. The molecule has 1 aliphatic heterocycles. The summed E-state index contributed by atoms with van der Waals surface area (Å²) in [5, 5.41) is 3.94. The van der Waals surface area contributed by atoms with Crippen molar-refractivity contribution in [1.29, 1.82) is 0 Å². The third-order valence-corrected chi connectivity index (χ3v) is 3.93. The van der Waals surface area contributed by atoms with Crippen LogP contribution in [0.4, 0.5) is 13.2 Å². The molecule has 0 aliphatic carbocycles. The zero-order valence-electron chi connectivity index (χ0n) is 12.9. The quantitative estimate of drug-likeness (QED) is 0.835. The van der Waals surface area contributed by atoms with Gasteiger partial charge < -0.3 is 4.52 Å². The lowest BCUT2D eigenvalue weighted by Crippen LogP contribution is -2.42. The number of rotatable bonds is 2. The molecule has 1 fully saturated rings. The third-order valence-electron chi connectivity index (χ3n) is 3.93. The van der Waals surface area contributed by atoms with Gasteiger partial charge in [0, 0.05) is 12.0 Å². The van der Waals surface area contributed by atoms with E-state index in [1.165, 1.54) is 0 Å². The Hall–Kier alpha value is -1.11. The summed E-state index contributed by atoms with van der Waals surface area (Å²) in [6, 6.07) is -0.293. The van der Waals surface area contributed by atoms with E-state index in [9.17, 15) is 13.2 Å². The number of piperidine rings is 1. The van der Waals surface area contributed by atoms with E-state index in [1.807, 2.05) is 27.7 Å². The molecule has 2 rings (SSSR count). The molecule has 0 bridgehead atoms. The Morgan fingerprint density at radius 1 is 1.29 bits per heavy atom. The summed E-state index contributed by atoms with van der Waals surface area (Å²) in [6.07, 6.45) is -3.40. The lowest BCUT2D eigenvalue weighted by molar-refractivity contribution is -0.188. The second kappa shape index (κ2) is 5.59. The zero-order chi connectivity index (χ0) is 15.8. The van der Waals surface area contributed by atoms with E-state index in [0.29, 0.717) is 24.7 Å². The van der Waals surface area contributed by atoms with Crippen molar-refractivity contribution in [3.8, 4) is 0 Å². The van der Waals surface area contributed by atoms with Crippen molar-refractivity contribution >= 4 is 0 Å². The molecule has 0 N–H and O–H groups in total. The molecule has 7 heteroatoms. The highest BCUT2D eigenvalue weighted by molar-refractivity contribution is 5.02. The summed E-state index contributed by atoms with van der Waals surface area (Å²) in [7, 11) is 0. The van der Waals surface area contributed by atoms with Crippen LogP contribution in [0, 0.1) is 5.92 Å². The molecule has 0 amide bonds. The number of aromatic nitrogens is 2. The van der Waals surface area contributed by atoms with E-state index in [-0.39, 0.29) is 24.4 Å². The van der Waals surface area contributed by atoms with Gasteiger partial charge in [0.2, 0.25) is 5.89 Å². The van der Waals surface area contributed by atoms with E-state index < -0.39 is 12.1 Å². The largest absolute Gasteiger partial charge is 0.393 e. The Balaban J connectivity index is 2.09. The van der Waals surface area contributed by atoms with Gasteiger partial charge in [0.05, 0.1) is 12.0 Å². The molecule has 4 nitrogen and oxygen atoms in total. The molecule has 1 aromatic heterocycles. The monoisotopic (exact) mass is 305 g/mol. The average Bonchev–Trinajstić information content (AvgIpc) is 2.86. The first kappa shape index (κ1) is 16.3. The molecular formula is C14H22F3N3O. The molecule has 0 spiro atoms. The molecule has 0 saturated carbocycles. The average molecular weight is 305 g/mol. The van der Waals surface area contributed by atoms with Gasteiger partial charge in [-0.05, 0) is 26.3 Å². The van der Waals surface area contributed by atoms with Crippen molar-refractivity contribution < 1.29 is 17.7 Å². The van der Waals surface area contributed by atoms with Gasteiger partial charge in [-0.3, -0.25) is 4.90 Å². The van der Waals surface area contributed by atoms with Crippen LogP contribution in [-0.4, -0.2) is 34.3 Å². The van der Waals surface area contributed by atoms with Gasteiger partial charge in [0.25, 0.3) is 0 Å². The van der Waals surface area contributed by atoms with Crippen molar-refractivity contribution in [3.63, 3.8) is 0 Å². The minimum atomic E-state index is -4.14. The van der Waals surface area contributed by atoms with Crippen LogP contribution in [-0.2, 0) is 5.41 Å². The van der Waals surface area contributed by atoms with Gasteiger partial charge in [-0.25, -0.2) is 0 Å². The highest BCUT2D eigenvalue weighted by atomic mass is 19.4. The van der Waals surface area contributed by atoms with E-state index in [2.05, 4.69) is 10.1 Å². The van der Waals surface area contributed by atoms with Crippen molar-refractivity contribution in [2.45, 2.75) is 58.2 Å². The highest BCUT2D eigenvalue weighted by Crippen LogP contribution is 2.35. The molecule has 1 aliphatic rings. The number of nitrogens with zero attached hydrogens (tertiary/aromatic N) is 3. The van der Waals surface area contributed by atoms with Gasteiger partial charge in [-0.1, -0.05) is 25.9 Å². The van der Waals surface area contributed by atoms with E-state index in [0.717, 1.165) is 0 Å². The smallest absolute Gasteiger partial charge is 0.338 e. The summed E-state index contributed by atoms with van der Waals surface area (Å²) in [5.41, 5.74) is -0.238. The Bertz CT molecular complexity index is 479. The maximum absolute atomic E-state index is 12.9. The third kappa shape index (κ3) is 3.75. The Morgan fingerprint density at radius 3 is 2.48 bits per heavy atom. The van der Waals surface area contributed by atoms with Crippen LogP contribution in [0.2, 0.25) is 0 Å². The molecule has 2 heterocycles. The first-order valence-corrected chi connectivity index (χ1v) is 7.24. The molecular weight excluding hydrogens is 283 g/mol. The fourth-order valence-corrected chi connectivity index (χ4v) is 2.49. The Kier molecular flexibility index (Phi) is 4.33. The SMILES string of the molecule is CC(c1nc(C(C)(C)C)no1)N1CCCC(C(F)(F)F)C1. The molecule has 2 atom stereocenters. The van der Waals surface area contributed by atoms with Crippen LogP contribution in [0.3, 0.4) is 0 Å². The molecule has 21 heavy (non-hydrogen) atoms. The van der Waals surface area contributed by atoms with Gasteiger partial charge >= 0.3 is 6.18 Å². The predicted octanol–water partition coefficient (Wildman–Crippen LogP) is 3.70. The Labute approximate surface area is 122 Å². The standard InChI is InChI=1S/C14H22F3N3O/c1-9(11-18-12(19-21-11)13(2,3)4)20-7-5-6-10(8-20)14(15,16)17/h9-10H,5-8H2,1-4H3. The summed E-state index contributed by atoms with van der Waals surface area (Å²) in [6.45, 7) is 8.34. The number of halogens is 3. The first-order chi connectivity index (χ1) is 9.59. The molecule has 1 saturated heterocycles. The van der Waals surface area contributed by atoms with Crippen LogP contribution < -0.4 is 0 Å². The second-order valence-corrected chi connectivity index (χ2v) is 6.76. The lowest BCUT2D eigenvalue weighted by atomic mass is 9.95. The van der Waals surface area contributed by atoms with Crippen molar-refractivity contribution in [1.82, 2.24) is 15.0 Å². The summed E-state index contributed by atoms with van der Waals surface area (Å²) < 4.78 is 43.8. The summed E-state index contributed by atoms with van der Waals surface area (Å²) in [5.74, 6) is -0.296. The maximum atomic E-state index is 12.9. The van der Waals surface area contributed by atoms with E-state index >= 15 is 0 Å². The van der Waals surface area contributed by atoms with Crippen LogP contribution in [0.15, 0.2) is 4.52 Å². The van der Waals surface area contributed by atoms with Gasteiger partial charge in [-0.15, -0.1) is 0 Å². The number of likely N-dealkylation sites (tertiary alicyclic amines) is 1. The maximum Gasteiger partial charge on any atom is 0.393 e. The number of alkyl halides is 3. The predicted molar refractivity (Wildman–Crippen MR) is 71.8 cm³/mol. The second-order valence-electron chi connectivity index (χ2n) is 6.76. The number of hydrogen-bond donors (Lipinski definition) is 0. The van der Waals surface area contributed by atoms with Gasteiger partial charge in [-0.2, -0.15) is 18.2 Å². The molecule has 120 valence electrons. The van der Waals surface area contributed by atoms with Crippen molar-refractivity contribution in [2.75, 3.05) is 13.1 Å². The number of hydrogen-bond acceptors (Lipinski definition) is 4. The fraction of sp³-hybridized carbons (Fsp3) is 0.857. The van der Waals surface area contributed by atoms with Crippen LogP contribution in [0.1, 0.15) is 58.3 Å². The molecule has 2 unspecified atom stereocenters. The van der Waals surface area contributed by atoms with Crippen LogP contribution in [0.25, 0.3) is 0 Å². The molecule has 0 aromatic carbocycles. The van der Waals surface area contributed by atoms with E-state index in [1.54, 1.807) is 4.90 Å². The normalized spacial score (nSPS) is 23.3. The molecule has 1 aromatic rings. The topological polar surface area (TPSA) is 42.2 Å². The van der Waals surface area contributed by atoms with Gasteiger partial charge in [0.1, 0.15) is 0 Å². The first-order valence-electron chi connectivity index (χ1n) is 7.24. The Morgan fingerprint density at radius 2 is 1.95 bits per heavy atom. The minimum absolute atomic E-state index is 0.00209.